The summed E-state index contributed by atoms with van der Waals surface area (Å²) in [6.07, 6.45) is 3.44. The second kappa shape index (κ2) is 6.30. The molecule has 0 aromatic heterocycles. The number of halogens is 2. The summed E-state index contributed by atoms with van der Waals surface area (Å²) in [5.74, 6) is -2.28. The third kappa shape index (κ3) is 3.88. The number of aromatic hydroxyl groups is 1. The third-order valence-corrected chi connectivity index (χ3v) is 3.66. The van der Waals surface area contributed by atoms with Crippen LogP contribution in [-0.2, 0) is 6.54 Å². The number of rotatable bonds is 4. The number of aliphatic hydroxyl groups is 1. The summed E-state index contributed by atoms with van der Waals surface area (Å²) in [5.41, 5.74) is 0.476. The van der Waals surface area contributed by atoms with E-state index in [0.717, 1.165) is 44.4 Å². The van der Waals surface area contributed by atoms with Crippen molar-refractivity contribution in [2.45, 2.75) is 38.3 Å². The average Bonchev–Trinajstić information content (AvgIpc) is 2.38. The largest absolute Gasteiger partial charge is 0.503 e. The van der Waals surface area contributed by atoms with Crippen molar-refractivity contribution in [3.63, 3.8) is 0 Å². The van der Waals surface area contributed by atoms with Crippen molar-refractivity contribution in [1.82, 2.24) is 5.32 Å². The standard InChI is InChI=1S/C14H19F2NO2/c15-12-5-10(6-13(16)14(12)19)8-17-7-9-1-3-11(18)4-2-9/h5-6,9,11,17-19H,1-4,7-8H2. The molecule has 0 spiro atoms. The molecule has 0 atom stereocenters. The number of phenolic OH excluding ortho intramolecular Hbond substituents is 1. The van der Waals surface area contributed by atoms with Crippen LogP contribution in [0.2, 0.25) is 0 Å². The highest BCUT2D eigenvalue weighted by Crippen LogP contribution is 2.24. The minimum Gasteiger partial charge on any atom is -0.503 e. The molecule has 0 amide bonds. The van der Waals surface area contributed by atoms with Gasteiger partial charge in [-0.05, 0) is 55.8 Å². The van der Waals surface area contributed by atoms with E-state index in [9.17, 15) is 13.9 Å². The minimum atomic E-state index is -0.933. The molecular formula is C14H19F2NO2. The molecule has 0 radical (unpaired) electrons. The van der Waals surface area contributed by atoms with Gasteiger partial charge in [0.15, 0.2) is 17.4 Å². The molecule has 19 heavy (non-hydrogen) atoms. The van der Waals surface area contributed by atoms with Crippen LogP contribution in [0, 0.1) is 17.6 Å². The Bertz CT molecular complexity index is 408. The van der Waals surface area contributed by atoms with Gasteiger partial charge >= 0.3 is 0 Å². The summed E-state index contributed by atoms with van der Waals surface area (Å²) in [6, 6.07) is 2.27. The zero-order valence-electron chi connectivity index (χ0n) is 10.7. The Morgan fingerprint density at radius 2 is 1.68 bits per heavy atom. The van der Waals surface area contributed by atoms with Gasteiger partial charge in [-0.1, -0.05) is 0 Å². The molecule has 1 saturated carbocycles. The second-order valence-electron chi connectivity index (χ2n) is 5.21. The van der Waals surface area contributed by atoms with E-state index < -0.39 is 17.4 Å². The zero-order valence-corrected chi connectivity index (χ0v) is 10.7. The fourth-order valence-electron chi connectivity index (χ4n) is 2.49. The van der Waals surface area contributed by atoms with Crippen LogP contribution >= 0.6 is 0 Å². The molecule has 1 aliphatic rings. The lowest BCUT2D eigenvalue weighted by atomic mass is 9.87. The van der Waals surface area contributed by atoms with E-state index in [-0.39, 0.29) is 6.10 Å². The van der Waals surface area contributed by atoms with Gasteiger partial charge in [0.25, 0.3) is 0 Å². The predicted octanol–water partition coefficient (Wildman–Crippen LogP) is 2.31. The van der Waals surface area contributed by atoms with Crippen LogP contribution in [0.5, 0.6) is 5.75 Å². The predicted molar refractivity (Wildman–Crippen MR) is 67.7 cm³/mol. The SMILES string of the molecule is Oc1c(F)cc(CNCC2CCC(O)CC2)cc1F. The number of aliphatic hydroxyl groups excluding tert-OH is 1. The van der Waals surface area contributed by atoms with Gasteiger partial charge in [0, 0.05) is 6.54 Å². The van der Waals surface area contributed by atoms with Crippen molar-refractivity contribution in [2.75, 3.05) is 6.54 Å². The summed E-state index contributed by atoms with van der Waals surface area (Å²) < 4.78 is 26.2. The van der Waals surface area contributed by atoms with Crippen molar-refractivity contribution in [3.05, 3.63) is 29.3 Å². The van der Waals surface area contributed by atoms with Crippen LogP contribution < -0.4 is 5.32 Å². The first-order valence-electron chi connectivity index (χ1n) is 6.62. The summed E-state index contributed by atoms with van der Waals surface area (Å²) in [4.78, 5) is 0. The third-order valence-electron chi connectivity index (χ3n) is 3.66. The molecule has 0 aliphatic heterocycles. The summed E-state index contributed by atoms with van der Waals surface area (Å²) in [7, 11) is 0. The van der Waals surface area contributed by atoms with E-state index in [1.807, 2.05) is 0 Å². The smallest absolute Gasteiger partial charge is 0.187 e. The Kier molecular flexibility index (Phi) is 4.71. The van der Waals surface area contributed by atoms with Crippen molar-refractivity contribution in [3.8, 4) is 5.75 Å². The number of nitrogens with one attached hydrogen (secondary N) is 1. The van der Waals surface area contributed by atoms with Gasteiger partial charge < -0.3 is 15.5 Å². The maximum Gasteiger partial charge on any atom is 0.187 e. The first-order chi connectivity index (χ1) is 9.06. The van der Waals surface area contributed by atoms with Gasteiger partial charge in [-0.15, -0.1) is 0 Å². The summed E-state index contributed by atoms with van der Waals surface area (Å²) in [6.45, 7) is 1.14. The number of hydrogen-bond acceptors (Lipinski definition) is 3. The maximum absolute atomic E-state index is 13.1. The maximum atomic E-state index is 13.1. The van der Waals surface area contributed by atoms with E-state index in [1.54, 1.807) is 0 Å². The van der Waals surface area contributed by atoms with Gasteiger partial charge in [-0.3, -0.25) is 0 Å². The number of hydrogen-bond donors (Lipinski definition) is 3. The van der Waals surface area contributed by atoms with Gasteiger partial charge in [0.05, 0.1) is 6.10 Å². The monoisotopic (exact) mass is 271 g/mol. The molecule has 0 saturated heterocycles. The highest BCUT2D eigenvalue weighted by atomic mass is 19.1. The first kappa shape index (κ1) is 14.2. The highest BCUT2D eigenvalue weighted by molar-refractivity contribution is 5.29. The molecule has 0 unspecified atom stereocenters. The van der Waals surface area contributed by atoms with E-state index in [0.29, 0.717) is 18.0 Å². The van der Waals surface area contributed by atoms with Crippen LogP contribution in [0.3, 0.4) is 0 Å². The van der Waals surface area contributed by atoms with Gasteiger partial charge in [-0.25, -0.2) is 8.78 Å². The molecule has 0 bridgehead atoms. The van der Waals surface area contributed by atoms with Crippen molar-refractivity contribution in [1.29, 1.82) is 0 Å². The number of phenols is 1. The van der Waals surface area contributed by atoms with Crippen LogP contribution in [0.25, 0.3) is 0 Å². The number of benzene rings is 1. The van der Waals surface area contributed by atoms with Crippen molar-refractivity contribution >= 4 is 0 Å². The fraction of sp³-hybridized carbons (Fsp3) is 0.571. The van der Waals surface area contributed by atoms with E-state index in [4.69, 9.17) is 5.11 Å². The Balaban J connectivity index is 1.79. The van der Waals surface area contributed by atoms with Gasteiger partial charge in [0.2, 0.25) is 0 Å². The van der Waals surface area contributed by atoms with Crippen molar-refractivity contribution < 1.29 is 19.0 Å². The van der Waals surface area contributed by atoms with E-state index in [1.165, 1.54) is 0 Å². The molecule has 106 valence electrons. The molecule has 3 N–H and O–H groups in total. The van der Waals surface area contributed by atoms with Crippen LogP contribution in [0.1, 0.15) is 31.2 Å². The van der Waals surface area contributed by atoms with E-state index in [2.05, 4.69) is 5.32 Å². The lowest BCUT2D eigenvalue weighted by molar-refractivity contribution is 0.108. The minimum absolute atomic E-state index is 0.170. The second-order valence-corrected chi connectivity index (χ2v) is 5.21. The molecule has 1 aliphatic carbocycles. The van der Waals surface area contributed by atoms with Crippen LogP contribution in [-0.4, -0.2) is 22.9 Å². The quantitative estimate of drug-likeness (QED) is 0.787. The molecular weight excluding hydrogens is 252 g/mol. The van der Waals surface area contributed by atoms with Crippen LogP contribution in [0.4, 0.5) is 8.78 Å². The molecule has 1 fully saturated rings. The molecule has 5 heteroatoms. The summed E-state index contributed by atoms with van der Waals surface area (Å²) in [5, 5.41) is 21.5. The summed E-state index contributed by atoms with van der Waals surface area (Å²) >= 11 is 0. The molecule has 2 rings (SSSR count). The van der Waals surface area contributed by atoms with E-state index >= 15 is 0 Å². The molecule has 1 aromatic carbocycles. The van der Waals surface area contributed by atoms with Crippen LogP contribution in [0.15, 0.2) is 12.1 Å². The molecule has 3 nitrogen and oxygen atoms in total. The normalized spacial score (nSPS) is 23.5. The molecule has 0 heterocycles. The van der Waals surface area contributed by atoms with Gasteiger partial charge in [-0.2, -0.15) is 0 Å². The lowest BCUT2D eigenvalue weighted by Crippen LogP contribution is -2.27. The lowest BCUT2D eigenvalue weighted by Gasteiger charge is -2.25. The Morgan fingerprint density at radius 3 is 2.26 bits per heavy atom. The average molecular weight is 271 g/mol. The highest BCUT2D eigenvalue weighted by Gasteiger charge is 2.18. The topological polar surface area (TPSA) is 52.5 Å². The Morgan fingerprint density at radius 1 is 1.11 bits per heavy atom. The Labute approximate surface area is 111 Å². The zero-order chi connectivity index (χ0) is 13.8. The van der Waals surface area contributed by atoms with Gasteiger partial charge in [0.1, 0.15) is 0 Å². The molecule has 1 aromatic rings. The van der Waals surface area contributed by atoms with Crippen molar-refractivity contribution in [2.24, 2.45) is 5.92 Å². The fourth-order valence-corrected chi connectivity index (χ4v) is 2.49. The Hall–Kier alpha value is -1.20. The first-order valence-corrected chi connectivity index (χ1v) is 6.62.